The van der Waals surface area contributed by atoms with E-state index in [0.29, 0.717) is 12.2 Å². The fourth-order valence-electron chi connectivity index (χ4n) is 2.13. The molecule has 0 saturated heterocycles. The van der Waals surface area contributed by atoms with Crippen LogP contribution in [0, 0.1) is 0 Å². The second-order valence-corrected chi connectivity index (χ2v) is 4.75. The smallest absolute Gasteiger partial charge is 0.251 e. The molecule has 0 aliphatic heterocycles. The number of hydrogen-bond acceptors (Lipinski definition) is 3. The van der Waals surface area contributed by atoms with E-state index in [1.54, 1.807) is 19.2 Å². The lowest BCUT2D eigenvalue weighted by molar-refractivity contribution is 0.0916. The molecule has 1 amide bonds. The van der Waals surface area contributed by atoms with Gasteiger partial charge in [0.15, 0.2) is 0 Å². The second kappa shape index (κ2) is 7.57. The van der Waals surface area contributed by atoms with E-state index in [9.17, 15) is 9.90 Å². The number of amides is 1. The van der Waals surface area contributed by atoms with Crippen LogP contribution in [0.1, 0.15) is 27.5 Å². The van der Waals surface area contributed by atoms with E-state index in [4.69, 9.17) is 4.74 Å². The van der Waals surface area contributed by atoms with E-state index >= 15 is 0 Å². The monoisotopic (exact) mass is 285 g/mol. The van der Waals surface area contributed by atoms with Gasteiger partial charge in [0.25, 0.3) is 5.91 Å². The number of methoxy groups -OCH3 is 1. The largest absolute Gasteiger partial charge is 0.394 e. The van der Waals surface area contributed by atoms with Gasteiger partial charge < -0.3 is 15.2 Å². The topological polar surface area (TPSA) is 58.6 Å². The summed E-state index contributed by atoms with van der Waals surface area (Å²) in [7, 11) is 1.62. The predicted molar refractivity (Wildman–Crippen MR) is 80.9 cm³/mol. The molecule has 110 valence electrons. The molecule has 0 radical (unpaired) electrons. The Morgan fingerprint density at radius 3 is 2.62 bits per heavy atom. The molecule has 0 aliphatic carbocycles. The van der Waals surface area contributed by atoms with Crippen molar-refractivity contribution in [2.45, 2.75) is 12.6 Å². The van der Waals surface area contributed by atoms with Gasteiger partial charge in [0.1, 0.15) is 0 Å². The molecule has 0 unspecified atom stereocenters. The zero-order chi connectivity index (χ0) is 15.1. The zero-order valence-electron chi connectivity index (χ0n) is 12.0. The third-order valence-electron chi connectivity index (χ3n) is 3.19. The highest BCUT2D eigenvalue weighted by atomic mass is 16.5. The summed E-state index contributed by atoms with van der Waals surface area (Å²) >= 11 is 0. The number of nitrogens with one attached hydrogen (secondary N) is 1. The molecule has 2 aromatic carbocycles. The lowest BCUT2D eigenvalue weighted by Gasteiger charge is -2.17. The molecule has 0 spiro atoms. The van der Waals surface area contributed by atoms with Gasteiger partial charge in [-0.1, -0.05) is 42.5 Å². The lowest BCUT2D eigenvalue weighted by atomic mass is 10.1. The first kappa shape index (κ1) is 15.2. The van der Waals surface area contributed by atoms with Gasteiger partial charge in [-0.2, -0.15) is 0 Å². The summed E-state index contributed by atoms with van der Waals surface area (Å²) < 4.78 is 5.06. The maximum atomic E-state index is 12.3. The highest BCUT2D eigenvalue weighted by Gasteiger charge is 2.14. The van der Waals surface area contributed by atoms with Gasteiger partial charge >= 0.3 is 0 Å². The maximum absolute atomic E-state index is 12.3. The minimum Gasteiger partial charge on any atom is -0.394 e. The van der Waals surface area contributed by atoms with Gasteiger partial charge in [-0.15, -0.1) is 0 Å². The Bertz CT molecular complexity index is 584. The maximum Gasteiger partial charge on any atom is 0.251 e. The summed E-state index contributed by atoms with van der Waals surface area (Å²) in [4.78, 5) is 12.3. The average molecular weight is 285 g/mol. The molecule has 4 nitrogen and oxygen atoms in total. The number of hydrogen-bond donors (Lipinski definition) is 2. The van der Waals surface area contributed by atoms with Crippen LogP contribution in [0.2, 0.25) is 0 Å². The molecule has 1 atom stereocenters. The Morgan fingerprint density at radius 2 is 1.95 bits per heavy atom. The van der Waals surface area contributed by atoms with Crippen LogP contribution in [0.5, 0.6) is 0 Å². The lowest BCUT2D eigenvalue weighted by Crippen LogP contribution is -2.30. The molecule has 2 aromatic rings. The number of benzene rings is 2. The molecule has 2 rings (SSSR count). The highest BCUT2D eigenvalue weighted by Crippen LogP contribution is 2.13. The number of aliphatic hydroxyl groups excluding tert-OH is 1. The van der Waals surface area contributed by atoms with Crippen molar-refractivity contribution < 1.29 is 14.6 Å². The Morgan fingerprint density at radius 1 is 1.19 bits per heavy atom. The van der Waals surface area contributed by atoms with E-state index in [1.165, 1.54) is 0 Å². The summed E-state index contributed by atoms with van der Waals surface area (Å²) in [5.41, 5.74) is 2.37. The highest BCUT2D eigenvalue weighted by molar-refractivity contribution is 5.94. The van der Waals surface area contributed by atoms with Crippen molar-refractivity contribution in [2.75, 3.05) is 13.7 Å². The van der Waals surface area contributed by atoms with E-state index in [2.05, 4.69) is 5.32 Å². The van der Waals surface area contributed by atoms with Gasteiger partial charge in [-0.25, -0.2) is 0 Å². The van der Waals surface area contributed by atoms with Gasteiger partial charge in [-0.3, -0.25) is 4.79 Å². The van der Waals surface area contributed by atoms with Crippen LogP contribution < -0.4 is 5.32 Å². The van der Waals surface area contributed by atoms with Crippen molar-refractivity contribution in [2.24, 2.45) is 0 Å². The average Bonchev–Trinajstić information content (AvgIpc) is 2.54. The first-order valence-corrected chi connectivity index (χ1v) is 6.79. The number of carbonyl (C=O) groups is 1. The fourth-order valence-corrected chi connectivity index (χ4v) is 2.13. The number of aliphatic hydroxyl groups is 1. The number of ether oxygens (including phenoxy) is 1. The molecular formula is C17H19NO3. The quantitative estimate of drug-likeness (QED) is 0.856. The van der Waals surface area contributed by atoms with Crippen molar-refractivity contribution in [3.05, 3.63) is 71.3 Å². The molecule has 0 fully saturated rings. The van der Waals surface area contributed by atoms with Gasteiger partial charge in [0.05, 0.1) is 19.3 Å². The van der Waals surface area contributed by atoms with E-state index in [1.807, 2.05) is 42.5 Å². The summed E-state index contributed by atoms with van der Waals surface area (Å²) in [6.07, 6.45) is 0. The molecule has 0 bridgehead atoms. The molecule has 21 heavy (non-hydrogen) atoms. The van der Waals surface area contributed by atoms with E-state index < -0.39 is 6.04 Å². The summed E-state index contributed by atoms with van der Waals surface area (Å²) in [6.45, 7) is 0.316. The van der Waals surface area contributed by atoms with Crippen LogP contribution in [-0.2, 0) is 11.3 Å². The number of rotatable bonds is 6. The summed E-state index contributed by atoms with van der Waals surface area (Å²) in [5.74, 6) is -0.212. The minimum atomic E-state index is -0.412. The third kappa shape index (κ3) is 4.15. The van der Waals surface area contributed by atoms with Crippen molar-refractivity contribution >= 4 is 5.91 Å². The van der Waals surface area contributed by atoms with Crippen LogP contribution in [0.15, 0.2) is 54.6 Å². The second-order valence-electron chi connectivity index (χ2n) is 4.75. The Kier molecular flexibility index (Phi) is 5.49. The first-order chi connectivity index (χ1) is 10.2. The minimum absolute atomic E-state index is 0.145. The standard InChI is InChI=1S/C17H19NO3/c1-21-12-13-6-5-9-15(10-13)17(20)18-16(11-19)14-7-3-2-4-8-14/h2-10,16,19H,11-12H2,1H3,(H,18,20)/t16-/m1/s1. The third-order valence-corrected chi connectivity index (χ3v) is 3.19. The predicted octanol–water partition coefficient (Wildman–Crippen LogP) is 2.30. The SMILES string of the molecule is COCc1cccc(C(=O)N[C@H](CO)c2ccccc2)c1. The van der Waals surface area contributed by atoms with Crippen LogP contribution in [-0.4, -0.2) is 24.7 Å². The fraction of sp³-hybridized carbons (Fsp3) is 0.235. The molecule has 0 heterocycles. The van der Waals surface area contributed by atoms with Gasteiger partial charge in [0, 0.05) is 12.7 Å². The van der Waals surface area contributed by atoms with Gasteiger partial charge in [-0.05, 0) is 23.3 Å². The van der Waals surface area contributed by atoms with Crippen LogP contribution in [0.3, 0.4) is 0 Å². The molecule has 0 aliphatic rings. The Labute approximate surface area is 124 Å². The first-order valence-electron chi connectivity index (χ1n) is 6.79. The molecule has 0 aromatic heterocycles. The molecular weight excluding hydrogens is 266 g/mol. The van der Waals surface area contributed by atoms with Crippen LogP contribution >= 0.6 is 0 Å². The van der Waals surface area contributed by atoms with E-state index in [0.717, 1.165) is 11.1 Å². The molecule has 2 N–H and O–H groups in total. The number of carbonyl (C=O) groups excluding carboxylic acids is 1. The van der Waals surface area contributed by atoms with Crippen LogP contribution in [0.25, 0.3) is 0 Å². The zero-order valence-corrected chi connectivity index (χ0v) is 12.0. The normalized spacial score (nSPS) is 11.9. The van der Waals surface area contributed by atoms with Gasteiger partial charge in [0.2, 0.25) is 0 Å². The van der Waals surface area contributed by atoms with E-state index in [-0.39, 0.29) is 12.5 Å². The Balaban J connectivity index is 2.11. The van der Waals surface area contributed by atoms with Crippen molar-refractivity contribution in [1.82, 2.24) is 5.32 Å². The van der Waals surface area contributed by atoms with Crippen LogP contribution in [0.4, 0.5) is 0 Å². The summed E-state index contributed by atoms with van der Waals surface area (Å²) in [5, 5.41) is 12.3. The molecule has 0 saturated carbocycles. The van der Waals surface area contributed by atoms with Crippen molar-refractivity contribution in [3.8, 4) is 0 Å². The van der Waals surface area contributed by atoms with Crippen molar-refractivity contribution in [3.63, 3.8) is 0 Å². The van der Waals surface area contributed by atoms with Crippen molar-refractivity contribution in [1.29, 1.82) is 0 Å². The molecule has 4 heteroatoms. The Hall–Kier alpha value is -2.17. The summed E-state index contributed by atoms with van der Waals surface area (Å²) in [6, 6.07) is 16.3.